The Kier molecular flexibility index (Phi) is 6.30. The van der Waals surface area contributed by atoms with Crippen LogP contribution in [0.5, 0.6) is 5.75 Å². The van der Waals surface area contributed by atoms with Gasteiger partial charge in [0.05, 0.1) is 20.3 Å². The van der Waals surface area contributed by atoms with Crippen molar-refractivity contribution in [3.8, 4) is 17.1 Å². The molecule has 1 aliphatic rings. The van der Waals surface area contributed by atoms with Crippen LogP contribution in [-0.4, -0.2) is 47.8 Å². The molecule has 1 amide bonds. The number of carbonyl (C=O) groups is 1. The summed E-state index contributed by atoms with van der Waals surface area (Å²) in [5.74, 6) is 1.74. The Morgan fingerprint density at radius 2 is 1.97 bits per heavy atom. The minimum absolute atomic E-state index is 0.0430. The number of ether oxygens (including phenoxy) is 2. The third-order valence-corrected chi connectivity index (χ3v) is 5.28. The van der Waals surface area contributed by atoms with Crippen molar-refractivity contribution >= 4 is 17.5 Å². The van der Waals surface area contributed by atoms with Gasteiger partial charge in [0.25, 0.3) is 0 Å². The summed E-state index contributed by atoms with van der Waals surface area (Å²) in [6.07, 6.45) is 0.549. The predicted molar refractivity (Wildman–Crippen MR) is 111 cm³/mol. The van der Waals surface area contributed by atoms with Crippen LogP contribution >= 0.6 is 11.6 Å². The van der Waals surface area contributed by atoms with Crippen molar-refractivity contribution in [1.29, 1.82) is 0 Å². The predicted octanol–water partition coefficient (Wildman–Crippen LogP) is 3.93. The van der Waals surface area contributed by atoms with Crippen molar-refractivity contribution in [2.24, 2.45) is 0 Å². The molecular formula is C22H22ClN3O4. The van der Waals surface area contributed by atoms with E-state index < -0.39 is 0 Å². The van der Waals surface area contributed by atoms with Gasteiger partial charge in [-0.1, -0.05) is 28.9 Å². The first-order valence-corrected chi connectivity index (χ1v) is 10.1. The number of aromatic nitrogens is 2. The quantitative estimate of drug-likeness (QED) is 0.593. The number of nitrogens with zero attached hydrogens (tertiary/aromatic N) is 3. The SMILES string of the molecule is COc1ccc(-c2noc(CCC(=O)N3CCOC(c4ccc(Cl)cc4)C3)n2)cc1. The number of hydrogen-bond acceptors (Lipinski definition) is 6. The van der Waals surface area contributed by atoms with Crippen molar-refractivity contribution in [2.75, 3.05) is 26.8 Å². The van der Waals surface area contributed by atoms with Crippen molar-refractivity contribution < 1.29 is 18.8 Å². The highest BCUT2D eigenvalue weighted by atomic mass is 35.5. The lowest BCUT2D eigenvalue weighted by atomic mass is 10.1. The van der Waals surface area contributed by atoms with Crippen LogP contribution < -0.4 is 4.74 Å². The van der Waals surface area contributed by atoms with Gasteiger partial charge in [-0.15, -0.1) is 0 Å². The lowest BCUT2D eigenvalue weighted by Crippen LogP contribution is -2.42. The van der Waals surface area contributed by atoms with Gasteiger partial charge in [0.2, 0.25) is 17.6 Å². The first-order chi connectivity index (χ1) is 14.6. The number of hydrogen-bond donors (Lipinski definition) is 0. The lowest BCUT2D eigenvalue weighted by molar-refractivity contribution is -0.139. The first-order valence-electron chi connectivity index (χ1n) is 9.74. The van der Waals surface area contributed by atoms with E-state index in [9.17, 15) is 4.79 Å². The highest BCUT2D eigenvalue weighted by Crippen LogP contribution is 2.24. The molecule has 0 saturated carbocycles. The Morgan fingerprint density at radius 3 is 2.70 bits per heavy atom. The number of benzene rings is 2. The maximum absolute atomic E-state index is 12.7. The van der Waals surface area contributed by atoms with Gasteiger partial charge < -0.3 is 18.9 Å². The van der Waals surface area contributed by atoms with Crippen LogP contribution in [0.25, 0.3) is 11.4 Å². The molecule has 0 spiro atoms. The molecule has 1 aliphatic heterocycles. The molecule has 0 radical (unpaired) electrons. The van der Waals surface area contributed by atoms with Crippen LogP contribution in [0.3, 0.4) is 0 Å². The summed E-state index contributed by atoms with van der Waals surface area (Å²) in [7, 11) is 1.62. The molecule has 1 fully saturated rings. The number of methoxy groups -OCH3 is 1. The lowest BCUT2D eigenvalue weighted by Gasteiger charge is -2.33. The zero-order chi connectivity index (χ0) is 20.9. The van der Waals surface area contributed by atoms with E-state index in [1.165, 1.54) is 0 Å². The zero-order valence-electron chi connectivity index (χ0n) is 16.6. The van der Waals surface area contributed by atoms with E-state index in [4.69, 9.17) is 25.6 Å². The van der Waals surface area contributed by atoms with E-state index in [2.05, 4.69) is 10.1 Å². The molecule has 1 aromatic heterocycles. The Bertz CT molecular complexity index is 988. The maximum atomic E-state index is 12.7. The van der Waals surface area contributed by atoms with Gasteiger partial charge in [-0.25, -0.2) is 0 Å². The fourth-order valence-corrected chi connectivity index (χ4v) is 3.47. The molecule has 7 nitrogen and oxygen atoms in total. The fraction of sp³-hybridized carbons (Fsp3) is 0.318. The molecule has 1 atom stereocenters. The molecule has 0 aliphatic carbocycles. The summed E-state index contributed by atoms with van der Waals surface area (Å²) in [6.45, 7) is 1.59. The summed E-state index contributed by atoms with van der Waals surface area (Å²) in [5.41, 5.74) is 1.84. The number of amides is 1. The van der Waals surface area contributed by atoms with Gasteiger partial charge >= 0.3 is 0 Å². The normalized spacial score (nSPS) is 16.5. The van der Waals surface area contributed by atoms with Crippen LogP contribution in [0.2, 0.25) is 5.02 Å². The second-order valence-electron chi connectivity index (χ2n) is 6.99. The minimum Gasteiger partial charge on any atom is -0.497 e. The third-order valence-electron chi connectivity index (χ3n) is 5.03. The van der Waals surface area contributed by atoms with Gasteiger partial charge in [-0.3, -0.25) is 4.79 Å². The second-order valence-corrected chi connectivity index (χ2v) is 7.43. The molecular weight excluding hydrogens is 406 g/mol. The minimum atomic E-state index is -0.148. The molecule has 3 aromatic rings. The molecule has 1 saturated heterocycles. The molecule has 2 aromatic carbocycles. The topological polar surface area (TPSA) is 77.7 Å². The van der Waals surface area contributed by atoms with Gasteiger partial charge in [0.1, 0.15) is 11.9 Å². The van der Waals surface area contributed by atoms with E-state index in [1.54, 1.807) is 7.11 Å². The van der Waals surface area contributed by atoms with Crippen LogP contribution in [0.1, 0.15) is 24.0 Å². The Hall–Kier alpha value is -2.90. The largest absolute Gasteiger partial charge is 0.497 e. The van der Waals surface area contributed by atoms with E-state index in [-0.39, 0.29) is 12.0 Å². The summed E-state index contributed by atoms with van der Waals surface area (Å²) < 4.78 is 16.3. The Labute approximate surface area is 179 Å². The average Bonchev–Trinajstić information content (AvgIpc) is 3.27. The van der Waals surface area contributed by atoms with Crippen LogP contribution in [-0.2, 0) is 16.0 Å². The van der Waals surface area contributed by atoms with Gasteiger partial charge in [0, 0.05) is 30.0 Å². The zero-order valence-corrected chi connectivity index (χ0v) is 17.3. The molecule has 156 valence electrons. The highest BCUT2D eigenvalue weighted by Gasteiger charge is 2.25. The van der Waals surface area contributed by atoms with Crippen LogP contribution in [0, 0.1) is 0 Å². The standard InChI is InChI=1S/C22H22ClN3O4/c1-28-18-8-4-16(5-9-18)22-24-20(30-25-22)10-11-21(27)26-12-13-29-19(14-26)15-2-6-17(23)7-3-15/h2-9,19H,10-14H2,1H3. The van der Waals surface area contributed by atoms with Crippen molar-refractivity contribution in [3.63, 3.8) is 0 Å². The van der Waals surface area contributed by atoms with Crippen LogP contribution in [0.15, 0.2) is 53.1 Å². The Morgan fingerprint density at radius 1 is 1.20 bits per heavy atom. The van der Waals surface area contributed by atoms with E-state index >= 15 is 0 Å². The third kappa shape index (κ3) is 4.80. The van der Waals surface area contributed by atoms with Crippen molar-refractivity contribution in [1.82, 2.24) is 15.0 Å². The summed E-state index contributed by atoms with van der Waals surface area (Å²) in [5, 5.41) is 4.69. The first kappa shape index (κ1) is 20.4. The molecule has 4 rings (SSSR count). The second kappa shape index (κ2) is 9.28. The molecule has 0 N–H and O–H groups in total. The van der Waals surface area contributed by atoms with Crippen molar-refractivity contribution in [2.45, 2.75) is 18.9 Å². The monoisotopic (exact) mass is 427 g/mol. The van der Waals surface area contributed by atoms with Crippen molar-refractivity contribution in [3.05, 3.63) is 65.0 Å². The van der Waals surface area contributed by atoms with Crippen LogP contribution in [0.4, 0.5) is 0 Å². The maximum Gasteiger partial charge on any atom is 0.227 e. The molecule has 8 heteroatoms. The molecule has 1 unspecified atom stereocenters. The average molecular weight is 428 g/mol. The fourth-order valence-electron chi connectivity index (χ4n) is 3.34. The van der Waals surface area contributed by atoms with Gasteiger partial charge in [0.15, 0.2) is 0 Å². The van der Waals surface area contributed by atoms with E-state index in [0.717, 1.165) is 16.9 Å². The van der Waals surface area contributed by atoms with Gasteiger partial charge in [-0.2, -0.15) is 4.98 Å². The van der Waals surface area contributed by atoms with Gasteiger partial charge in [-0.05, 0) is 42.0 Å². The number of halogens is 1. The van der Waals surface area contributed by atoms with E-state index in [1.807, 2.05) is 53.4 Å². The number of rotatable bonds is 6. The molecule has 2 heterocycles. The Balaban J connectivity index is 1.33. The summed E-state index contributed by atoms with van der Waals surface area (Å²) >= 11 is 5.95. The highest BCUT2D eigenvalue weighted by molar-refractivity contribution is 6.30. The molecule has 0 bridgehead atoms. The number of aryl methyl sites for hydroxylation is 1. The summed E-state index contributed by atoms with van der Waals surface area (Å²) in [4.78, 5) is 18.9. The van der Waals surface area contributed by atoms with E-state index in [0.29, 0.717) is 49.3 Å². The number of carbonyl (C=O) groups excluding carboxylic acids is 1. The summed E-state index contributed by atoms with van der Waals surface area (Å²) in [6, 6.07) is 14.9. The molecule has 30 heavy (non-hydrogen) atoms. The number of morpholine rings is 1. The smallest absolute Gasteiger partial charge is 0.227 e.